The molecule has 0 radical (unpaired) electrons. The maximum Gasteiger partial charge on any atom is 0.236 e. The maximum absolute atomic E-state index is 12.0. The highest BCUT2D eigenvalue weighted by Crippen LogP contribution is 2.27. The molecule has 1 saturated heterocycles. The Kier molecular flexibility index (Phi) is 4.05. The molecule has 1 N–H and O–H groups in total. The molecule has 4 nitrogen and oxygen atoms in total. The van der Waals surface area contributed by atoms with Gasteiger partial charge in [-0.25, -0.2) is 0 Å². The second kappa shape index (κ2) is 5.36. The van der Waals surface area contributed by atoms with Crippen LogP contribution in [-0.2, 0) is 4.79 Å². The summed E-state index contributed by atoms with van der Waals surface area (Å²) < 4.78 is 0. The van der Waals surface area contributed by atoms with Gasteiger partial charge >= 0.3 is 0 Å². The predicted octanol–water partition coefficient (Wildman–Crippen LogP) is 0.537. The lowest BCUT2D eigenvalue weighted by Crippen LogP contribution is -2.57. The van der Waals surface area contributed by atoms with E-state index in [1.807, 2.05) is 4.90 Å². The average molecular weight is 239 g/mol. The van der Waals surface area contributed by atoms with Crippen LogP contribution < -0.4 is 5.32 Å². The fraction of sp³-hybridized carbons (Fsp3) is 0.923. The summed E-state index contributed by atoms with van der Waals surface area (Å²) in [7, 11) is 2.14. The Balaban J connectivity index is 1.74. The summed E-state index contributed by atoms with van der Waals surface area (Å²) in [6.45, 7) is 7.64. The molecule has 2 fully saturated rings. The van der Waals surface area contributed by atoms with Crippen LogP contribution in [0.15, 0.2) is 0 Å². The van der Waals surface area contributed by atoms with Crippen LogP contribution >= 0.6 is 0 Å². The Bertz CT molecular complexity index is 266. The molecule has 2 atom stereocenters. The van der Waals surface area contributed by atoms with Gasteiger partial charge in [0.05, 0.1) is 6.54 Å². The van der Waals surface area contributed by atoms with E-state index in [2.05, 4.69) is 31.1 Å². The lowest BCUT2D eigenvalue weighted by Gasteiger charge is -2.42. The van der Waals surface area contributed by atoms with Crippen molar-refractivity contribution >= 4 is 5.91 Å². The van der Waals surface area contributed by atoms with E-state index in [9.17, 15) is 4.79 Å². The van der Waals surface area contributed by atoms with Gasteiger partial charge in [0.15, 0.2) is 0 Å². The number of carbonyl (C=O) groups excluding carboxylic acids is 1. The van der Waals surface area contributed by atoms with Crippen LogP contribution in [0.4, 0.5) is 0 Å². The fourth-order valence-electron chi connectivity index (χ4n) is 2.43. The molecule has 0 aromatic carbocycles. The summed E-state index contributed by atoms with van der Waals surface area (Å²) in [5, 5.41) is 3.28. The molecule has 2 aliphatic rings. The Morgan fingerprint density at radius 1 is 1.24 bits per heavy atom. The first-order valence-electron chi connectivity index (χ1n) is 6.78. The Morgan fingerprint density at radius 3 is 2.35 bits per heavy atom. The molecule has 1 heterocycles. The van der Waals surface area contributed by atoms with Crippen LogP contribution in [-0.4, -0.2) is 61.0 Å². The molecular weight excluding hydrogens is 214 g/mol. The zero-order valence-electron chi connectivity index (χ0n) is 11.3. The van der Waals surface area contributed by atoms with Gasteiger partial charge in [-0.3, -0.25) is 9.69 Å². The van der Waals surface area contributed by atoms with Crippen molar-refractivity contribution in [3.8, 4) is 0 Å². The Labute approximate surface area is 104 Å². The fourth-order valence-corrected chi connectivity index (χ4v) is 2.43. The van der Waals surface area contributed by atoms with Gasteiger partial charge in [0.2, 0.25) is 5.91 Å². The van der Waals surface area contributed by atoms with Crippen molar-refractivity contribution in [1.29, 1.82) is 0 Å². The Hall–Kier alpha value is -0.610. The van der Waals surface area contributed by atoms with E-state index in [1.54, 1.807) is 0 Å². The van der Waals surface area contributed by atoms with Crippen molar-refractivity contribution in [2.24, 2.45) is 5.92 Å². The minimum atomic E-state index is 0.262. The molecule has 4 heteroatoms. The molecule has 1 aliphatic carbocycles. The van der Waals surface area contributed by atoms with Gasteiger partial charge in [-0.2, -0.15) is 0 Å². The highest BCUT2D eigenvalue weighted by molar-refractivity contribution is 5.78. The highest BCUT2D eigenvalue weighted by atomic mass is 16.2. The highest BCUT2D eigenvalue weighted by Gasteiger charge is 2.29. The molecule has 0 aromatic heterocycles. The molecule has 1 amide bonds. The zero-order chi connectivity index (χ0) is 12.4. The molecule has 0 spiro atoms. The maximum atomic E-state index is 12.0. The van der Waals surface area contributed by atoms with Crippen LogP contribution in [0, 0.1) is 5.92 Å². The average Bonchev–Trinajstić information content (AvgIpc) is 3.09. The van der Waals surface area contributed by atoms with Crippen molar-refractivity contribution in [2.75, 3.05) is 33.2 Å². The lowest BCUT2D eigenvalue weighted by atomic mass is 10.1. The SMILES string of the molecule is CC1CN(C(=O)CNCC2CC2)CC(C)N1C. The number of amides is 1. The number of piperazine rings is 1. The van der Waals surface area contributed by atoms with Crippen LogP contribution in [0.2, 0.25) is 0 Å². The van der Waals surface area contributed by atoms with Gasteiger partial charge in [-0.05, 0) is 46.2 Å². The van der Waals surface area contributed by atoms with E-state index in [1.165, 1.54) is 12.8 Å². The summed E-state index contributed by atoms with van der Waals surface area (Å²) in [6.07, 6.45) is 2.67. The van der Waals surface area contributed by atoms with Gasteiger partial charge in [0, 0.05) is 25.2 Å². The second-order valence-electron chi connectivity index (χ2n) is 5.74. The van der Waals surface area contributed by atoms with Crippen LogP contribution in [0.25, 0.3) is 0 Å². The summed E-state index contributed by atoms with van der Waals surface area (Å²) in [6, 6.07) is 0.928. The zero-order valence-corrected chi connectivity index (χ0v) is 11.3. The normalized spacial score (nSPS) is 30.6. The number of likely N-dealkylation sites (N-methyl/N-ethyl adjacent to an activating group) is 1. The third-order valence-corrected chi connectivity index (χ3v) is 4.12. The first-order chi connectivity index (χ1) is 8.08. The van der Waals surface area contributed by atoms with Crippen LogP contribution in [0.5, 0.6) is 0 Å². The molecule has 1 saturated carbocycles. The molecule has 0 bridgehead atoms. The summed E-state index contributed by atoms with van der Waals surface area (Å²) in [4.78, 5) is 16.4. The van der Waals surface area contributed by atoms with Crippen molar-refractivity contribution in [1.82, 2.24) is 15.1 Å². The molecule has 1 aliphatic heterocycles. The number of hydrogen-bond donors (Lipinski definition) is 1. The van der Waals surface area contributed by atoms with Gasteiger partial charge in [-0.1, -0.05) is 0 Å². The topological polar surface area (TPSA) is 35.6 Å². The van der Waals surface area contributed by atoms with Crippen molar-refractivity contribution in [3.05, 3.63) is 0 Å². The lowest BCUT2D eigenvalue weighted by molar-refractivity contribution is -0.134. The first-order valence-corrected chi connectivity index (χ1v) is 6.78. The molecule has 17 heavy (non-hydrogen) atoms. The molecule has 2 unspecified atom stereocenters. The predicted molar refractivity (Wildman–Crippen MR) is 68.9 cm³/mol. The first kappa shape index (κ1) is 12.8. The van der Waals surface area contributed by atoms with Crippen molar-refractivity contribution in [3.63, 3.8) is 0 Å². The van der Waals surface area contributed by atoms with Crippen molar-refractivity contribution in [2.45, 2.75) is 38.8 Å². The molecular formula is C13H25N3O. The van der Waals surface area contributed by atoms with Crippen LogP contribution in [0.3, 0.4) is 0 Å². The van der Waals surface area contributed by atoms with E-state index in [4.69, 9.17) is 0 Å². The summed E-state index contributed by atoms with van der Waals surface area (Å²) in [5.41, 5.74) is 0. The van der Waals surface area contributed by atoms with Crippen LogP contribution in [0.1, 0.15) is 26.7 Å². The molecule has 98 valence electrons. The number of carbonyl (C=O) groups is 1. The largest absolute Gasteiger partial charge is 0.338 e. The quantitative estimate of drug-likeness (QED) is 0.777. The number of nitrogens with one attached hydrogen (secondary N) is 1. The third kappa shape index (κ3) is 3.42. The Morgan fingerprint density at radius 2 is 1.82 bits per heavy atom. The van der Waals surface area contributed by atoms with E-state index >= 15 is 0 Å². The summed E-state index contributed by atoms with van der Waals surface area (Å²) in [5.74, 6) is 1.10. The smallest absolute Gasteiger partial charge is 0.236 e. The van der Waals surface area contributed by atoms with Gasteiger partial charge in [0.1, 0.15) is 0 Å². The number of rotatable bonds is 4. The van der Waals surface area contributed by atoms with Gasteiger partial charge in [-0.15, -0.1) is 0 Å². The van der Waals surface area contributed by atoms with Crippen molar-refractivity contribution < 1.29 is 4.79 Å². The molecule has 0 aromatic rings. The van der Waals surface area contributed by atoms with Gasteiger partial charge < -0.3 is 10.2 Å². The monoisotopic (exact) mass is 239 g/mol. The number of hydrogen-bond acceptors (Lipinski definition) is 3. The van der Waals surface area contributed by atoms with E-state index in [0.717, 1.165) is 25.6 Å². The van der Waals surface area contributed by atoms with Gasteiger partial charge in [0.25, 0.3) is 0 Å². The number of nitrogens with zero attached hydrogens (tertiary/aromatic N) is 2. The summed E-state index contributed by atoms with van der Waals surface area (Å²) >= 11 is 0. The molecule has 2 rings (SSSR count). The second-order valence-corrected chi connectivity index (χ2v) is 5.74. The minimum Gasteiger partial charge on any atom is -0.338 e. The van der Waals surface area contributed by atoms with E-state index < -0.39 is 0 Å². The van der Waals surface area contributed by atoms with E-state index in [0.29, 0.717) is 18.6 Å². The minimum absolute atomic E-state index is 0.262. The third-order valence-electron chi connectivity index (χ3n) is 4.12. The van der Waals surface area contributed by atoms with E-state index in [-0.39, 0.29) is 5.91 Å². The standard InChI is InChI=1S/C13H25N3O/c1-10-8-16(9-11(2)15(10)3)13(17)7-14-6-12-4-5-12/h10-12,14H,4-9H2,1-3H3.